The Morgan fingerprint density at radius 2 is 1.58 bits per heavy atom. The van der Waals surface area contributed by atoms with E-state index in [2.05, 4.69) is 0 Å². The number of aromatic hydroxyl groups is 2. The first-order valence-corrected chi connectivity index (χ1v) is 6.40. The van der Waals surface area contributed by atoms with Crippen LogP contribution in [-0.2, 0) is 0 Å². The van der Waals surface area contributed by atoms with Crippen LogP contribution in [0.3, 0.4) is 0 Å². The number of carboxylic acid groups (broad SMARTS) is 1. The second-order valence-corrected chi connectivity index (χ2v) is 4.23. The summed E-state index contributed by atoms with van der Waals surface area (Å²) < 4.78 is 55.3. The molecule has 0 spiro atoms. The van der Waals surface area contributed by atoms with E-state index in [4.69, 9.17) is 20.1 Å². The lowest BCUT2D eigenvalue weighted by Crippen LogP contribution is -2.03. The van der Waals surface area contributed by atoms with Crippen LogP contribution < -0.4 is 4.74 Å². The summed E-state index contributed by atoms with van der Waals surface area (Å²) in [5, 5.41) is 25.6. The van der Waals surface area contributed by atoms with E-state index in [-0.39, 0.29) is 12.4 Å². The van der Waals surface area contributed by atoms with E-state index in [1.807, 2.05) is 0 Å². The number of aromatic carboxylic acids is 1. The fourth-order valence-electron chi connectivity index (χ4n) is 1.55. The normalized spacial score (nSPS) is 9.88. The van der Waals surface area contributed by atoms with Crippen molar-refractivity contribution in [3.8, 4) is 17.2 Å². The van der Waals surface area contributed by atoms with Crippen molar-refractivity contribution >= 4 is 5.97 Å². The number of carboxylic acids is 1. The smallest absolute Gasteiger partial charge is 0.341 e. The number of ether oxygens (including phenoxy) is 1. The highest BCUT2D eigenvalue weighted by Gasteiger charge is 2.17. The molecule has 2 rings (SSSR count). The van der Waals surface area contributed by atoms with E-state index in [0.717, 1.165) is 6.07 Å². The average Bonchev–Trinajstić information content (AvgIpc) is 2.47. The zero-order chi connectivity index (χ0) is 18.4. The van der Waals surface area contributed by atoms with Gasteiger partial charge in [-0.15, -0.1) is 0 Å². The van der Waals surface area contributed by atoms with Crippen molar-refractivity contribution in [2.24, 2.45) is 0 Å². The van der Waals surface area contributed by atoms with Gasteiger partial charge in [0.05, 0.1) is 6.61 Å². The molecule has 0 aliphatic heterocycles. The molecule has 9 heteroatoms. The van der Waals surface area contributed by atoms with Crippen molar-refractivity contribution < 1.29 is 42.4 Å². The third-order valence-electron chi connectivity index (χ3n) is 2.57. The first-order valence-electron chi connectivity index (χ1n) is 6.40. The van der Waals surface area contributed by atoms with Crippen LogP contribution in [0.15, 0.2) is 24.3 Å². The van der Waals surface area contributed by atoms with Gasteiger partial charge < -0.3 is 20.1 Å². The Hall–Kier alpha value is -2.97. The Labute approximate surface area is 133 Å². The predicted molar refractivity (Wildman–Crippen MR) is 74.2 cm³/mol. The Balaban J connectivity index is 0.000000240. The number of benzene rings is 2. The van der Waals surface area contributed by atoms with Gasteiger partial charge in [-0.25, -0.2) is 13.6 Å². The molecule has 130 valence electrons. The summed E-state index contributed by atoms with van der Waals surface area (Å²) in [6, 6.07) is 3.29. The van der Waals surface area contributed by atoms with Gasteiger partial charge >= 0.3 is 5.97 Å². The molecule has 2 aromatic rings. The molecule has 0 unspecified atom stereocenters. The van der Waals surface area contributed by atoms with Crippen LogP contribution in [0, 0.1) is 23.3 Å². The largest absolute Gasteiger partial charge is 0.508 e. The summed E-state index contributed by atoms with van der Waals surface area (Å²) in [5.74, 6) is -8.26. The summed E-state index contributed by atoms with van der Waals surface area (Å²) in [4.78, 5) is 10.2. The highest BCUT2D eigenvalue weighted by molar-refractivity contribution is 5.88. The van der Waals surface area contributed by atoms with E-state index < -0.39 is 46.3 Å². The van der Waals surface area contributed by atoms with Crippen LogP contribution >= 0.6 is 0 Å². The maximum Gasteiger partial charge on any atom is 0.341 e. The van der Waals surface area contributed by atoms with E-state index in [1.54, 1.807) is 6.92 Å². The quantitative estimate of drug-likeness (QED) is 0.740. The second kappa shape index (κ2) is 8.04. The molecule has 24 heavy (non-hydrogen) atoms. The molecule has 5 nitrogen and oxygen atoms in total. The molecule has 0 radical (unpaired) electrons. The highest BCUT2D eigenvalue weighted by Crippen LogP contribution is 2.26. The monoisotopic (exact) mass is 348 g/mol. The zero-order valence-corrected chi connectivity index (χ0v) is 12.2. The minimum atomic E-state index is -1.70. The summed E-state index contributed by atoms with van der Waals surface area (Å²) in [6.45, 7) is 1.91. The van der Waals surface area contributed by atoms with Gasteiger partial charge in [0.15, 0.2) is 11.5 Å². The van der Waals surface area contributed by atoms with E-state index in [0.29, 0.717) is 12.1 Å². The number of hydrogen-bond acceptors (Lipinski definition) is 4. The van der Waals surface area contributed by atoms with Crippen molar-refractivity contribution in [3.63, 3.8) is 0 Å². The van der Waals surface area contributed by atoms with Gasteiger partial charge in [0.25, 0.3) is 0 Å². The number of phenols is 2. The van der Waals surface area contributed by atoms with Crippen molar-refractivity contribution in [3.05, 3.63) is 53.1 Å². The van der Waals surface area contributed by atoms with Gasteiger partial charge in [-0.3, -0.25) is 0 Å². The summed E-state index contributed by atoms with van der Waals surface area (Å²) in [5.41, 5.74) is -1.06. The van der Waals surface area contributed by atoms with Gasteiger partial charge in [0, 0.05) is 12.1 Å². The molecule has 0 aliphatic rings. The van der Waals surface area contributed by atoms with Crippen LogP contribution in [0.1, 0.15) is 17.3 Å². The van der Waals surface area contributed by atoms with Crippen molar-refractivity contribution in [2.75, 3.05) is 6.61 Å². The molecule has 0 aromatic heterocycles. The Morgan fingerprint density at radius 3 is 2.04 bits per heavy atom. The topological polar surface area (TPSA) is 87.0 Å². The molecule has 0 aliphatic carbocycles. The summed E-state index contributed by atoms with van der Waals surface area (Å²) in [7, 11) is 0. The fraction of sp³-hybridized carbons (Fsp3) is 0.133. The first kappa shape index (κ1) is 19.1. The molecular formula is C15H12F4O5. The van der Waals surface area contributed by atoms with E-state index >= 15 is 0 Å². The SMILES string of the molecule is CCOc1ccc(O)c(F)c1F.O=C(O)c1c(F)cc(O)cc1F. The third-order valence-corrected chi connectivity index (χ3v) is 2.57. The molecule has 0 bridgehead atoms. The number of carbonyl (C=O) groups is 1. The zero-order valence-electron chi connectivity index (χ0n) is 12.2. The molecule has 0 saturated heterocycles. The lowest BCUT2D eigenvalue weighted by molar-refractivity contribution is 0.0686. The molecule has 0 saturated carbocycles. The van der Waals surface area contributed by atoms with Crippen molar-refractivity contribution in [2.45, 2.75) is 6.92 Å². The van der Waals surface area contributed by atoms with Crippen LogP contribution in [0.5, 0.6) is 17.2 Å². The molecule has 2 aromatic carbocycles. The summed E-state index contributed by atoms with van der Waals surface area (Å²) >= 11 is 0. The van der Waals surface area contributed by atoms with Gasteiger partial charge in [-0.2, -0.15) is 8.78 Å². The second-order valence-electron chi connectivity index (χ2n) is 4.23. The summed E-state index contributed by atoms with van der Waals surface area (Å²) in [6.07, 6.45) is 0. The molecule has 3 N–H and O–H groups in total. The third kappa shape index (κ3) is 4.51. The van der Waals surface area contributed by atoms with Crippen molar-refractivity contribution in [1.29, 1.82) is 0 Å². The van der Waals surface area contributed by atoms with Gasteiger partial charge in [0.2, 0.25) is 11.6 Å². The number of hydrogen-bond donors (Lipinski definition) is 3. The van der Waals surface area contributed by atoms with Crippen LogP contribution in [0.2, 0.25) is 0 Å². The Morgan fingerprint density at radius 1 is 1.04 bits per heavy atom. The van der Waals surface area contributed by atoms with Gasteiger partial charge in [0.1, 0.15) is 22.9 Å². The standard InChI is InChI=1S/C8H8F2O2.C7H4F2O3/c1-2-12-6-4-3-5(11)7(9)8(6)10;8-4-1-3(10)2-5(9)6(4)7(11)12/h3-4,11H,2H2,1H3;1-2,10H,(H,11,12). The Kier molecular flexibility index (Phi) is 6.39. The lowest BCUT2D eigenvalue weighted by Gasteiger charge is -2.04. The number of phenolic OH excluding ortho intramolecular Hbond substituents is 2. The van der Waals surface area contributed by atoms with E-state index in [1.165, 1.54) is 6.07 Å². The molecule has 0 atom stereocenters. The van der Waals surface area contributed by atoms with Crippen LogP contribution in [0.25, 0.3) is 0 Å². The molecule has 0 amide bonds. The van der Waals surface area contributed by atoms with Crippen LogP contribution in [0.4, 0.5) is 17.6 Å². The highest BCUT2D eigenvalue weighted by atomic mass is 19.2. The maximum absolute atomic E-state index is 12.8. The van der Waals surface area contributed by atoms with Gasteiger partial charge in [-0.05, 0) is 19.1 Å². The number of rotatable bonds is 3. The Bertz CT molecular complexity index is 726. The van der Waals surface area contributed by atoms with E-state index in [9.17, 15) is 22.4 Å². The predicted octanol–water partition coefficient (Wildman–Crippen LogP) is 3.44. The molecule has 0 fully saturated rings. The lowest BCUT2D eigenvalue weighted by atomic mass is 10.2. The first-order chi connectivity index (χ1) is 11.2. The maximum atomic E-state index is 12.8. The average molecular weight is 348 g/mol. The van der Waals surface area contributed by atoms with Crippen molar-refractivity contribution in [1.82, 2.24) is 0 Å². The minimum Gasteiger partial charge on any atom is -0.508 e. The minimum absolute atomic E-state index is 0.187. The van der Waals surface area contributed by atoms with Crippen LogP contribution in [-0.4, -0.2) is 27.9 Å². The fourth-order valence-corrected chi connectivity index (χ4v) is 1.55. The number of halogens is 4. The molecular weight excluding hydrogens is 336 g/mol. The molecule has 0 heterocycles. The van der Waals surface area contributed by atoms with Gasteiger partial charge in [-0.1, -0.05) is 0 Å².